The molecule has 5 heteroatoms. The fourth-order valence-corrected chi connectivity index (χ4v) is 5.04. The average molecular weight is 404 g/mol. The van der Waals surface area contributed by atoms with E-state index in [9.17, 15) is 10.2 Å². The topological polar surface area (TPSA) is 53.4 Å². The molecule has 1 fully saturated rings. The number of rotatable bonds is 7. The van der Waals surface area contributed by atoms with E-state index >= 15 is 0 Å². The monoisotopic (exact) mass is 403 g/mol. The molecule has 144 valence electrons. The van der Waals surface area contributed by atoms with Crippen molar-refractivity contribution in [3.8, 4) is 0 Å². The lowest BCUT2D eigenvalue weighted by Crippen LogP contribution is -2.18. The maximum absolute atomic E-state index is 10.5. The summed E-state index contributed by atoms with van der Waals surface area (Å²) < 4.78 is 0. The summed E-state index contributed by atoms with van der Waals surface area (Å²) in [5.74, 6) is 1.30. The molecule has 2 N–H and O–H groups in total. The first kappa shape index (κ1) is 20.1. The van der Waals surface area contributed by atoms with Gasteiger partial charge in [-0.3, -0.25) is 0 Å². The largest absolute Gasteiger partial charge is 0.507 e. The van der Waals surface area contributed by atoms with Gasteiger partial charge in [0.25, 0.3) is 0 Å². The van der Waals surface area contributed by atoms with Crippen LogP contribution in [0.4, 0.5) is 0 Å². The zero-order valence-electron chi connectivity index (χ0n) is 15.5. The van der Waals surface area contributed by atoms with Crippen LogP contribution in [0.2, 0.25) is 5.15 Å². The molecule has 4 atom stereocenters. The SMILES string of the molecule is C=C(O)c1ccc(CCC[C@@H]2[C@@H](/C=C/c3ccc(Cl)nc3)[C@H](O)C[C@H]2C)s1. The smallest absolute Gasteiger partial charge is 0.129 e. The Morgan fingerprint density at radius 1 is 1.37 bits per heavy atom. The zero-order chi connectivity index (χ0) is 19.4. The highest BCUT2D eigenvalue weighted by molar-refractivity contribution is 7.13. The molecule has 0 unspecified atom stereocenters. The summed E-state index contributed by atoms with van der Waals surface area (Å²) in [6, 6.07) is 7.72. The third-order valence-corrected chi connectivity index (χ3v) is 6.87. The molecule has 0 saturated heterocycles. The molecule has 0 aliphatic heterocycles. The highest BCUT2D eigenvalue weighted by Gasteiger charge is 2.38. The number of halogens is 1. The van der Waals surface area contributed by atoms with Crippen LogP contribution in [0.5, 0.6) is 0 Å². The lowest BCUT2D eigenvalue weighted by Gasteiger charge is -2.21. The molecule has 0 aromatic carbocycles. The van der Waals surface area contributed by atoms with Gasteiger partial charge < -0.3 is 10.2 Å². The minimum atomic E-state index is -0.285. The predicted molar refractivity (Wildman–Crippen MR) is 114 cm³/mol. The first-order chi connectivity index (χ1) is 12.9. The summed E-state index contributed by atoms with van der Waals surface area (Å²) in [6.07, 6.45) is 9.66. The van der Waals surface area contributed by atoms with Crippen molar-refractivity contribution in [3.63, 3.8) is 0 Å². The van der Waals surface area contributed by atoms with E-state index in [0.717, 1.165) is 36.1 Å². The van der Waals surface area contributed by atoms with Crippen LogP contribution < -0.4 is 0 Å². The van der Waals surface area contributed by atoms with Gasteiger partial charge in [-0.2, -0.15) is 0 Å². The van der Waals surface area contributed by atoms with Crippen LogP contribution in [0.3, 0.4) is 0 Å². The molecule has 0 spiro atoms. The van der Waals surface area contributed by atoms with Gasteiger partial charge in [0.15, 0.2) is 0 Å². The molecular formula is C22H26ClNO2S. The number of aryl methyl sites for hydroxylation is 1. The number of thiophene rings is 1. The third kappa shape index (κ3) is 5.22. The fraction of sp³-hybridized carbons (Fsp3) is 0.409. The van der Waals surface area contributed by atoms with E-state index in [1.165, 1.54) is 4.88 Å². The van der Waals surface area contributed by atoms with Gasteiger partial charge in [0, 0.05) is 17.0 Å². The summed E-state index contributed by atoms with van der Waals surface area (Å²) in [7, 11) is 0. The van der Waals surface area contributed by atoms with Gasteiger partial charge >= 0.3 is 0 Å². The van der Waals surface area contributed by atoms with Crippen molar-refractivity contribution in [2.75, 3.05) is 0 Å². The second-order valence-corrected chi connectivity index (χ2v) is 8.96. The van der Waals surface area contributed by atoms with Crippen LogP contribution in [0.1, 0.15) is 41.5 Å². The third-order valence-electron chi connectivity index (χ3n) is 5.45. The molecule has 3 nitrogen and oxygen atoms in total. The minimum Gasteiger partial charge on any atom is -0.507 e. The number of hydrogen-bond acceptors (Lipinski definition) is 4. The Labute approximate surface area is 170 Å². The average Bonchev–Trinajstić information content (AvgIpc) is 3.20. The maximum atomic E-state index is 10.5. The van der Waals surface area contributed by atoms with Crippen LogP contribution in [-0.2, 0) is 6.42 Å². The summed E-state index contributed by atoms with van der Waals surface area (Å²) in [4.78, 5) is 6.21. The van der Waals surface area contributed by atoms with Crippen molar-refractivity contribution in [3.05, 3.63) is 63.6 Å². The molecule has 1 aliphatic carbocycles. The Bertz CT molecular complexity index is 799. The van der Waals surface area contributed by atoms with E-state index in [1.54, 1.807) is 23.6 Å². The quantitative estimate of drug-likeness (QED) is 0.440. The van der Waals surface area contributed by atoms with Crippen molar-refractivity contribution in [2.24, 2.45) is 17.8 Å². The normalized spacial score (nSPS) is 25.3. The Hall–Kier alpha value is -1.62. The summed E-state index contributed by atoms with van der Waals surface area (Å²) in [5, 5.41) is 20.5. The Morgan fingerprint density at radius 3 is 2.85 bits per heavy atom. The number of pyridine rings is 1. The Balaban J connectivity index is 1.59. The van der Waals surface area contributed by atoms with Gasteiger partial charge in [-0.1, -0.05) is 43.3 Å². The van der Waals surface area contributed by atoms with Crippen molar-refractivity contribution in [2.45, 2.75) is 38.7 Å². The minimum absolute atomic E-state index is 0.140. The second kappa shape index (κ2) is 9.05. The van der Waals surface area contributed by atoms with Crippen molar-refractivity contribution in [1.29, 1.82) is 0 Å². The van der Waals surface area contributed by atoms with Gasteiger partial charge in [-0.05, 0) is 61.3 Å². The van der Waals surface area contributed by atoms with Crippen LogP contribution in [0.15, 0.2) is 43.1 Å². The molecule has 1 saturated carbocycles. The fourth-order valence-electron chi connectivity index (χ4n) is 4.01. The van der Waals surface area contributed by atoms with Gasteiger partial charge in [0.05, 0.1) is 11.0 Å². The molecular weight excluding hydrogens is 378 g/mol. The molecule has 2 aromatic heterocycles. The summed E-state index contributed by atoms with van der Waals surface area (Å²) in [6.45, 7) is 5.82. The maximum Gasteiger partial charge on any atom is 0.129 e. The zero-order valence-corrected chi connectivity index (χ0v) is 17.1. The number of aliphatic hydroxyl groups excluding tert-OH is 2. The van der Waals surface area contributed by atoms with E-state index < -0.39 is 0 Å². The summed E-state index contributed by atoms with van der Waals surface area (Å²) in [5.41, 5.74) is 1.00. The van der Waals surface area contributed by atoms with Gasteiger partial charge in [0.1, 0.15) is 10.9 Å². The second-order valence-electron chi connectivity index (χ2n) is 7.40. The van der Waals surface area contributed by atoms with E-state index in [4.69, 9.17) is 11.6 Å². The first-order valence-electron chi connectivity index (χ1n) is 9.39. The standard InChI is InChI=1S/C22H26ClNO2S/c1-14-12-20(26)19(9-6-16-7-11-22(23)24-13-16)18(14)5-3-4-17-8-10-21(27-17)15(2)25/h6-11,13-14,18-20,25-26H,2-5,12H2,1H3/b9-6+/t14-,18+,19-,20-/m1/s1. The lowest BCUT2D eigenvalue weighted by molar-refractivity contribution is 0.140. The van der Waals surface area contributed by atoms with Gasteiger partial charge in [0.2, 0.25) is 0 Å². The number of hydrogen-bond donors (Lipinski definition) is 2. The number of aliphatic hydroxyl groups is 2. The lowest BCUT2D eigenvalue weighted by atomic mass is 9.85. The number of aromatic nitrogens is 1. The Kier molecular flexibility index (Phi) is 6.74. The summed E-state index contributed by atoms with van der Waals surface area (Å²) >= 11 is 7.44. The molecule has 3 rings (SSSR count). The molecule has 1 aliphatic rings. The van der Waals surface area contributed by atoms with E-state index in [1.807, 2.05) is 18.2 Å². The number of nitrogens with zero attached hydrogens (tertiary/aromatic N) is 1. The molecule has 0 bridgehead atoms. The van der Waals surface area contributed by atoms with E-state index in [2.05, 4.69) is 30.6 Å². The molecule has 2 aromatic rings. The van der Waals surface area contributed by atoms with Crippen molar-refractivity contribution < 1.29 is 10.2 Å². The van der Waals surface area contributed by atoms with Crippen LogP contribution in [-0.4, -0.2) is 21.3 Å². The van der Waals surface area contributed by atoms with Crippen LogP contribution in [0.25, 0.3) is 11.8 Å². The predicted octanol–water partition coefficient (Wildman–Crippen LogP) is 5.99. The molecule has 27 heavy (non-hydrogen) atoms. The van der Waals surface area contributed by atoms with E-state index in [0.29, 0.717) is 17.0 Å². The van der Waals surface area contributed by atoms with Crippen LogP contribution in [0, 0.1) is 17.8 Å². The van der Waals surface area contributed by atoms with Gasteiger partial charge in [-0.15, -0.1) is 11.3 Å². The van der Waals surface area contributed by atoms with Crippen molar-refractivity contribution >= 4 is 34.8 Å². The highest BCUT2D eigenvalue weighted by atomic mass is 35.5. The van der Waals surface area contributed by atoms with Crippen LogP contribution >= 0.6 is 22.9 Å². The highest BCUT2D eigenvalue weighted by Crippen LogP contribution is 2.41. The van der Waals surface area contributed by atoms with Gasteiger partial charge in [-0.25, -0.2) is 4.98 Å². The molecule has 2 heterocycles. The van der Waals surface area contributed by atoms with E-state index in [-0.39, 0.29) is 17.8 Å². The Morgan fingerprint density at radius 2 is 2.19 bits per heavy atom. The van der Waals surface area contributed by atoms with Crippen molar-refractivity contribution in [1.82, 2.24) is 4.98 Å². The molecule has 0 amide bonds. The first-order valence-corrected chi connectivity index (χ1v) is 10.6. The molecule has 0 radical (unpaired) electrons.